The third kappa shape index (κ3) is 2.23. The van der Waals surface area contributed by atoms with E-state index < -0.39 is 11.4 Å². The summed E-state index contributed by atoms with van der Waals surface area (Å²) in [5.41, 5.74) is 2.17. The fourth-order valence-corrected chi connectivity index (χ4v) is 4.28. The topological polar surface area (TPSA) is 46.5 Å². The van der Waals surface area contributed by atoms with E-state index in [4.69, 9.17) is 4.74 Å². The van der Waals surface area contributed by atoms with Crippen LogP contribution in [-0.2, 0) is 11.2 Å². The van der Waals surface area contributed by atoms with Gasteiger partial charge in [0, 0.05) is 5.92 Å². The summed E-state index contributed by atoms with van der Waals surface area (Å²) in [6.07, 6.45) is 4.35. The van der Waals surface area contributed by atoms with E-state index in [1.54, 1.807) is 7.11 Å². The van der Waals surface area contributed by atoms with E-state index in [-0.39, 0.29) is 11.3 Å². The van der Waals surface area contributed by atoms with Crippen LogP contribution in [-0.4, -0.2) is 18.2 Å². The highest BCUT2D eigenvalue weighted by Crippen LogP contribution is 2.58. The Morgan fingerprint density at radius 3 is 2.71 bits per heavy atom. The maximum atomic E-state index is 12.0. The summed E-state index contributed by atoms with van der Waals surface area (Å²) in [6, 6.07) is 6.15. The normalized spacial score (nSPS) is 30.1. The van der Waals surface area contributed by atoms with Gasteiger partial charge in [0.25, 0.3) is 0 Å². The van der Waals surface area contributed by atoms with Crippen LogP contribution in [0.15, 0.2) is 18.2 Å². The summed E-state index contributed by atoms with van der Waals surface area (Å²) in [7, 11) is 1.68. The van der Waals surface area contributed by atoms with Gasteiger partial charge in [0.05, 0.1) is 12.5 Å². The van der Waals surface area contributed by atoms with Crippen molar-refractivity contribution >= 4 is 5.97 Å². The van der Waals surface area contributed by atoms with Gasteiger partial charge in [-0.3, -0.25) is 4.79 Å². The monoisotopic (exact) mass is 288 g/mol. The standard InChI is InChI=1S/C18H24O3/c1-17(2)8-9-18(16(19)20)7-6-12-10-13(21-3)4-5-14(12)15(18)11-17/h4-5,10,15H,6-9,11H2,1-3H3,(H,19,20). The number of carboxylic acid groups (broad SMARTS) is 1. The zero-order chi connectivity index (χ0) is 15.3. The highest BCUT2D eigenvalue weighted by atomic mass is 16.5. The molecule has 2 aliphatic rings. The Kier molecular flexibility index (Phi) is 3.27. The first-order valence-corrected chi connectivity index (χ1v) is 7.78. The van der Waals surface area contributed by atoms with Crippen LogP contribution in [0.25, 0.3) is 0 Å². The van der Waals surface area contributed by atoms with E-state index in [0.29, 0.717) is 0 Å². The Morgan fingerprint density at radius 1 is 1.29 bits per heavy atom. The van der Waals surface area contributed by atoms with Gasteiger partial charge in [-0.15, -0.1) is 0 Å². The number of methoxy groups -OCH3 is 1. The van der Waals surface area contributed by atoms with Crippen LogP contribution >= 0.6 is 0 Å². The molecule has 3 rings (SSSR count). The van der Waals surface area contributed by atoms with Crippen LogP contribution < -0.4 is 4.74 Å². The van der Waals surface area contributed by atoms with Crippen molar-refractivity contribution in [3.63, 3.8) is 0 Å². The molecule has 0 amide bonds. The van der Waals surface area contributed by atoms with Crippen molar-refractivity contribution in [3.8, 4) is 5.75 Å². The predicted octanol–water partition coefficient (Wildman–Crippen LogP) is 4.01. The summed E-state index contributed by atoms with van der Waals surface area (Å²) in [4.78, 5) is 12.0. The zero-order valence-corrected chi connectivity index (χ0v) is 13.1. The number of benzene rings is 1. The molecular weight excluding hydrogens is 264 g/mol. The lowest BCUT2D eigenvalue weighted by atomic mass is 9.53. The van der Waals surface area contributed by atoms with E-state index >= 15 is 0 Å². The van der Waals surface area contributed by atoms with Crippen LogP contribution in [0.2, 0.25) is 0 Å². The van der Waals surface area contributed by atoms with E-state index in [0.717, 1.165) is 37.9 Å². The highest BCUT2D eigenvalue weighted by Gasteiger charge is 2.53. The number of ether oxygens (including phenoxy) is 1. The second-order valence-corrected chi connectivity index (χ2v) is 7.45. The van der Waals surface area contributed by atoms with Gasteiger partial charge in [-0.05, 0) is 60.8 Å². The van der Waals surface area contributed by atoms with Crippen molar-refractivity contribution in [1.82, 2.24) is 0 Å². The molecule has 114 valence electrons. The van der Waals surface area contributed by atoms with Gasteiger partial charge in [0.2, 0.25) is 0 Å². The van der Waals surface area contributed by atoms with Crippen LogP contribution in [0.1, 0.15) is 56.6 Å². The van der Waals surface area contributed by atoms with Crippen LogP contribution in [0, 0.1) is 10.8 Å². The van der Waals surface area contributed by atoms with Gasteiger partial charge < -0.3 is 9.84 Å². The molecule has 21 heavy (non-hydrogen) atoms. The largest absolute Gasteiger partial charge is 0.497 e. The number of aryl methyl sites for hydroxylation is 1. The second-order valence-electron chi connectivity index (χ2n) is 7.45. The fourth-order valence-electron chi connectivity index (χ4n) is 4.28. The van der Waals surface area contributed by atoms with E-state index in [1.165, 1.54) is 11.1 Å². The molecule has 1 aromatic rings. The molecule has 0 bridgehead atoms. The SMILES string of the molecule is COc1ccc2c(c1)CCC1(C(=O)O)CCC(C)(C)CC21. The van der Waals surface area contributed by atoms with Crippen molar-refractivity contribution < 1.29 is 14.6 Å². The molecule has 0 radical (unpaired) electrons. The fraction of sp³-hybridized carbons (Fsp3) is 0.611. The minimum Gasteiger partial charge on any atom is -0.497 e. The van der Waals surface area contributed by atoms with Crippen molar-refractivity contribution in [2.24, 2.45) is 10.8 Å². The molecule has 3 heteroatoms. The molecule has 1 aromatic carbocycles. The van der Waals surface area contributed by atoms with Crippen LogP contribution in [0.4, 0.5) is 0 Å². The molecule has 0 heterocycles. The zero-order valence-electron chi connectivity index (χ0n) is 13.1. The summed E-state index contributed by atoms with van der Waals surface area (Å²) >= 11 is 0. The number of hydrogen-bond donors (Lipinski definition) is 1. The molecule has 1 saturated carbocycles. The smallest absolute Gasteiger partial charge is 0.310 e. The lowest BCUT2D eigenvalue weighted by molar-refractivity contribution is -0.155. The number of carboxylic acids is 1. The third-order valence-corrected chi connectivity index (χ3v) is 5.66. The molecule has 0 spiro atoms. The Balaban J connectivity index is 2.08. The first kappa shape index (κ1) is 14.4. The van der Waals surface area contributed by atoms with Gasteiger partial charge in [-0.1, -0.05) is 19.9 Å². The average Bonchev–Trinajstić information content (AvgIpc) is 2.45. The number of rotatable bonds is 2. The Bertz CT molecular complexity index is 576. The summed E-state index contributed by atoms with van der Waals surface area (Å²) in [5, 5.41) is 9.90. The van der Waals surface area contributed by atoms with Crippen molar-refractivity contribution in [3.05, 3.63) is 29.3 Å². The minimum atomic E-state index is -0.607. The maximum Gasteiger partial charge on any atom is 0.310 e. The maximum absolute atomic E-state index is 12.0. The molecule has 0 aromatic heterocycles. The summed E-state index contributed by atoms with van der Waals surface area (Å²) in [5.74, 6) is 0.393. The minimum absolute atomic E-state index is 0.133. The lowest BCUT2D eigenvalue weighted by Gasteiger charge is -2.50. The van der Waals surface area contributed by atoms with Crippen LogP contribution in [0.5, 0.6) is 5.75 Å². The molecular formula is C18H24O3. The molecule has 1 fully saturated rings. The van der Waals surface area contributed by atoms with Crippen molar-refractivity contribution in [2.75, 3.05) is 7.11 Å². The van der Waals surface area contributed by atoms with Gasteiger partial charge in [-0.25, -0.2) is 0 Å². The molecule has 1 N–H and O–H groups in total. The molecule has 0 saturated heterocycles. The molecule has 0 aliphatic heterocycles. The number of fused-ring (bicyclic) bond motifs is 3. The number of carbonyl (C=O) groups is 1. The molecule has 2 unspecified atom stereocenters. The molecule has 3 nitrogen and oxygen atoms in total. The lowest BCUT2D eigenvalue weighted by Crippen LogP contribution is -2.46. The third-order valence-electron chi connectivity index (χ3n) is 5.66. The highest BCUT2D eigenvalue weighted by molar-refractivity contribution is 5.77. The first-order valence-electron chi connectivity index (χ1n) is 7.78. The Labute approximate surface area is 126 Å². The average molecular weight is 288 g/mol. The van der Waals surface area contributed by atoms with Gasteiger partial charge >= 0.3 is 5.97 Å². The number of aliphatic carboxylic acids is 1. The molecule has 2 aliphatic carbocycles. The van der Waals surface area contributed by atoms with Gasteiger partial charge in [0.15, 0.2) is 0 Å². The van der Waals surface area contributed by atoms with Crippen molar-refractivity contribution in [1.29, 1.82) is 0 Å². The Hall–Kier alpha value is -1.51. The van der Waals surface area contributed by atoms with Gasteiger partial charge in [0.1, 0.15) is 5.75 Å². The van der Waals surface area contributed by atoms with E-state index in [2.05, 4.69) is 26.0 Å². The Morgan fingerprint density at radius 2 is 2.05 bits per heavy atom. The second kappa shape index (κ2) is 4.75. The predicted molar refractivity (Wildman–Crippen MR) is 81.8 cm³/mol. The summed E-state index contributed by atoms with van der Waals surface area (Å²) in [6.45, 7) is 4.52. The van der Waals surface area contributed by atoms with E-state index in [9.17, 15) is 9.90 Å². The summed E-state index contributed by atoms with van der Waals surface area (Å²) < 4.78 is 5.31. The molecule has 2 atom stereocenters. The van der Waals surface area contributed by atoms with Crippen molar-refractivity contribution in [2.45, 2.75) is 51.9 Å². The quantitative estimate of drug-likeness (QED) is 0.894. The number of hydrogen-bond acceptors (Lipinski definition) is 2. The first-order chi connectivity index (χ1) is 9.88. The van der Waals surface area contributed by atoms with Gasteiger partial charge in [-0.2, -0.15) is 0 Å². The van der Waals surface area contributed by atoms with E-state index in [1.807, 2.05) is 6.07 Å². The van der Waals surface area contributed by atoms with Crippen LogP contribution in [0.3, 0.4) is 0 Å².